The molecule has 0 saturated carbocycles. The van der Waals surface area contributed by atoms with Gasteiger partial charge in [-0.15, -0.1) is 0 Å². The molecule has 4 aromatic rings. The van der Waals surface area contributed by atoms with Crippen molar-refractivity contribution in [3.63, 3.8) is 0 Å². The summed E-state index contributed by atoms with van der Waals surface area (Å²) in [5, 5.41) is 12.7. The van der Waals surface area contributed by atoms with E-state index in [0.717, 1.165) is 5.56 Å². The number of hydrogen-bond donors (Lipinski definition) is 2. The van der Waals surface area contributed by atoms with E-state index in [1.165, 1.54) is 48.2 Å². The highest BCUT2D eigenvalue weighted by Crippen LogP contribution is 2.43. The Morgan fingerprint density at radius 3 is 2.42 bits per heavy atom. The summed E-state index contributed by atoms with van der Waals surface area (Å²) in [6, 6.07) is 11.4. The first-order valence-corrected chi connectivity index (χ1v) is 12.9. The zero-order valence-corrected chi connectivity index (χ0v) is 21.5. The molecular formula is C28H24F2N4O3S. The number of anilines is 1. The monoisotopic (exact) mass is 534 g/mol. The van der Waals surface area contributed by atoms with E-state index in [2.05, 4.69) is 15.3 Å². The number of fused-ring (bicyclic) bond motifs is 2. The van der Waals surface area contributed by atoms with Crippen LogP contribution in [0.15, 0.2) is 59.8 Å². The van der Waals surface area contributed by atoms with E-state index in [9.17, 15) is 18.7 Å². The molecule has 5 rings (SSSR count). The fourth-order valence-electron chi connectivity index (χ4n) is 4.13. The van der Waals surface area contributed by atoms with Gasteiger partial charge in [0.25, 0.3) is 0 Å². The molecule has 2 aromatic heterocycles. The first-order valence-electron chi connectivity index (χ1n) is 12.0. The number of nitrogens with zero attached hydrogens (tertiary/aromatic N) is 3. The molecule has 1 aliphatic heterocycles. The van der Waals surface area contributed by atoms with Crippen LogP contribution < -0.4 is 10.1 Å². The molecule has 0 bridgehead atoms. The third-order valence-corrected chi connectivity index (χ3v) is 7.58. The fraction of sp³-hybridized carbons (Fsp3) is 0.214. The molecule has 0 fully saturated rings. The molecule has 2 aromatic carbocycles. The van der Waals surface area contributed by atoms with Gasteiger partial charge in [0.1, 0.15) is 16.7 Å². The summed E-state index contributed by atoms with van der Waals surface area (Å²) in [4.78, 5) is 26.9. The van der Waals surface area contributed by atoms with Crippen LogP contribution in [-0.4, -0.2) is 31.2 Å². The number of aliphatic hydroxyl groups is 1. The van der Waals surface area contributed by atoms with Crippen LogP contribution >= 0.6 is 11.8 Å². The standard InChI is InChI=1S/C28H24F2N4O3S/c1-3-23(26(36)32-20-10-8-19(30)9-11-20)38-28-22-12-21-17(14-35)13-31-15(2)24(21)37-27(22)33-25(34-28)16-4-6-18(29)7-5-16/h4-11,13,23,35H,3,12,14H2,1-2H3,(H,32,36)/t23-/m0/s1. The van der Waals surface area contributed by atoms with Gasteiger partial charge in [0, 0.05) is 35.0 Å². The lowest BCUT2D eigenvalue weighted by molar-refractivity contribution is -0.115. The molecule has 0 spiro atoms. The van der Waals surface area contributed by atoms with E-state index in [0.29, 0.717) is 63.4 Å². The van der Waals surface area contributed by atoms with E-state index in [1.807, 2.05) is 13.8 Å². The maximum atomic E-state index is 13.6. The van der Waals surface area contributed by atoms with Gasteiger partial charge in [0.05, 0.1) is 23.1 Å². The largest absolute Gasteiger partial charge is 0.436 e. The Kier molecular flexibility index (Phi) is 7.35. The third-order valence-electron chi connectivity index (χ3n) is 6.19. The average Bonchev–Trinajstić information content (AvgIpc) is 2.92. The number of ether oxygens (including phenoxy) is 1. The Morgan fingerprint density at radius 1 is 1.08 bits per heavy atom. The molecule has 38 heavy (non-hydrogen) atoms. The van der Waals surface area contributed by atoms with Crippen molar-refractivity contribution in [3.8, 4) is 23.0 Å². The van der Waals surface area contributed by atoms with Crippen LogP contribution in [0, 0.1) is 18.6 Å². The van der Waals surface area contributed by atoms with Crippen molar-refractivity contribution in [2.45, 2.75) is 43.6 Å². The summed E-state index contributed by atoms with van der Waals surface area (Å²) < 4.78 is 33.1. The number of aryl methyl sites for hydroxylation is 1. The van der Waals surface area contributed by atoms with Crippen LogP contribution in [0.4, 0.5) is 14.5 Å². The van der Waals surface area contributed by atoms with Crippen molar-refractivity contribution < 1.29 is 23.4 Å². The molecule has 3 heterocycles. The number of nitrogens with one attached hydrogen (secondary N) is 1. The Hall–Kier alpha value is -3.89. The molecule has 0 aliphatic carbocycles. The molecule has 1 amide bonds. The molecule has 0 radical (unpaired) electrons. The summed E-state index contributed by atoms with van der Waals surface area (Å²) in [7, 11) is 0. The summed E-state index contributed by atoms with van der Waals surface area (Å²) in [5.74, 6) is 0.153. The van der Waals surface area contributed by atoms with Crippen LogP contribution in [0.3, 0.4) is 0 Å². The van der Waals surface area contributed by atoms with E-state index < -0.39 is 11.1 Å². The van der Waals surface area contributed by atoms with Crippen molar-refractivity contribution in [2.24, 2.45) is 0 Å². The zero-order valence-electron chi connectivity index (χ0n) is 20.7. The topological polar surface area (TPSA) is 97.2 Å². The van der Waals surface area contributed by atoms with Crippen molar-refractivity contribution in [2.75, 3.05) is 5.32 Å². The predicted molar refractivity (Wildman–Crippen MR) is 140 cm³/mol. The van der Waals surface area contributed by atoms with Crippen molar-refractivity contribution in [1.82, 2.24) is 15.0 Å². The van der Waals surface area contributed by atoms with Gasteiger partial charge in [0.15, 0.2) is 11.6 Å². The molecular weight excluding hydrogens is 510 g/mol. The number of thioether (sulfide) groups is 1. The second-order valence-corrected chi connectivity index (χ2v) is 9.96. The Morgan fingerprint density at radius 2 is 1.76 bits per heavy atom. The van der Waals surface area contributed by atoms with Gasteiger partial charge >= 0.3 is 0 Å². The first-order chi connectivity index (χ1) is 18.4. The molecule has 1 atom stereocenters. The number of carbonyl (C=O) groups excluding carboxylic acids is 1. The van der Waals surface area contributed by atoms with Crippen LogP contribution in [-0.2, 0) is 17.8 Å². The number of hydrogen-bond acceptors (Lipinski definition) is 7. The molecule has 2 N–H and O–H groups in total. The molecule has 1 aliphatic rings. The Balaban J connectivity index is 1.54. The van der Waals surface area contributed by atoms with Crippen LogP contribution in [0.1, 0.15) is 35.7 Å². The fourth-order valence-corrected chi connectivity index (χ4v) is 5.18. The zero-order chi connectivity index (χ0) is 26.8. The van der Waals surface area contributed by atoms with Gasteiger partial charge in [-0.25, -0.2) is 13.8 Å². The number of carbonyl (C=O) groups is 1. The first kappa shape index (κ1) is 25.7. The van der Waals surface area contributed by atoms with E-state index in [1.54, 1.807) is 18.3 Å². The van der Waals surface area contributed by atoms with E-state index in [-0.39, 0.29) is 18.3 Å². The van der Waals surface area contributed by atoms with Gasteiger partial charge in [-0.1, -0.05) is 18.7 Å². The highest BCUT2D eigenvalue weighted by molar-refractivity contribution is 8.00. The number of benzene rings is 2. The minimum atomic E-state index is -0.530. The van der Waals surface area contributed by atoms with E-state index >= 15 is 0 Å². The number of rotatable bonds is 7. The van der Waals surface area contributed by atoms with Crippen LogP contribution in [0.5, 0.6) is 11.6 Å². The number of aliphatic hydroxyl groups excluding tert-OH is 1. The number of aromatic nitrogens is 3. The van der Waals surface area contributed by atoms with Gasteiger partial charge in [-0.05, 0) is 61.9 Å². The SMILES string of the molecule is CC[C@H](Sc1nc(-c2ccc(F)cc2)nc2c1Cc1c(CO)cnc(C)c1O2)C(=O)Nc1ccc(F)cc1. The van der Waals surface area contributed by atoms with Gasteiger partial charge in [-0.3, -0.25) is 9.78 Å². The maximum Gasteiger partial charge on any atom is 0.237 e. The highest BCUT2D eigenvalue weighted by Gasteiger charge is 2.30. The third kappa shape index (κ3) is 5.23. The lowest BCUT2D eigenvalue weighted by Gasteiger charge is -2.25. The second kappa shape index (κ2) is 10.8. The normalized spacial score (nSPS) is 12.8. The summed E-state index contributed by atoms with van der Waals surface area (Å²) in [6.07, 6.45) is 2.49. The Bertz CT molecular complexity index is 1500. The van der Waals surface area contributed by atoms with Gasteiger partial charge < -0.3 is 15.2 Å². The maximum absolute atomic E-state index is 13.6. The van der Waals surface area contributed by atoms with Crippen molar-refractivity contribution >= 4 is 23.4 Å². The molecule has 194 valence electrons. The lowest BCUT2D eigenvalue weighted by atomic mass is 9.99. The summed E-state index contributed by atoms with van der Waals surface area (Å²) >= 11 is 1.27. The van der Waals surface area contributed by atoms with E-state index in [4.69, 9.17) is 9.72 Å². The molecule has 10 heteroatoms. The predicted octanol–water partition coefficient (Wildman–Crippen LogP) is 5.82. The number of halogens is 2. The van der Waals surface area contributed by atoms with Gasteiger partial charge in [0.2, 0.25) is 11.8 Å². The molecule has 7 nitrogen and oxygen atoms in total. The quantitative estimate of drug-likeness (QED) is 0.201. The average molecular weight is 535 g/mol. The molecule has 0 saturated heterocycles. The minimum absolute atomic E-state index is 0.205. The molecule has 0 unspecified atom stereocenters. The summed E-state index contributed by atoms with van der Waals surface area (Å²) in [5.41, 5.74) is 3.84. The van der Waals surface area contributed by atoms with Crippen molar-refractivity contribution in [3.05, 3.63) is 88.7 Å². The summed E-state index contributed by atoms with van der Waals surface area (Å²) in [6.45, 7) is 3.50. The van der Waals surface area contributed by atoms with Crippen LogP contribution in [0.2, 0.25) is 0 Å². The van der Waals surface area contributed by atoms with Gasteiger partial charge in [-0.2, -0.15) is 4.98 Å². The lowest BCUT2D eigenvalue weighted by Crippen LogP contribution is -2.25. The second-order valence-electron chi connectivity index (χ2n) is 8.77. The minimum Gasteiger partial charge on any atom is -0.436 e. The number of pyridine rings is 1. The highest BCUT2D eigenvalue weighted by atomic mass is 32.2. The Labute approximate surface area is 222 Å². The smallest absolute Gasteiger partial charge is 0.237 e. The number of amides is 1. The van der Waals surface area contributed by atoms with Crippen LogP contribution in [0.25, 0.3) is 11.4 Å². The van der Waals surface area contributed by atoms with Crippen molar-refractivity contribution in [1.29, 1.82) is 0 Å².